The van der Waals surface area contributed by atoms with Crippen LogP contribution in [0, 0.1) is 18.8 Å². The van der Waals surface area contributed by atoms with Crippen LogP contribution >= 0.6 is 11.6 Å². The average molecular weight is 484 g/mol. The number of aryl methyl sites for hydroxylation is 1. The molecule has 0 saturated carbocycles. The number of alkyl halides is 3. The first-order chi connectivity index (χ1) is 15.3. The molecule has 0 aromatic heterocycles. The van der Waals surface area contributed by atoms with Gasteiger partial charge in [-0.05, 0) is 42.0 Å². The molecule has 0 bridgehead atoms. The minimum atomic E-state index is -4.57. The summed E-state index contributed by atoms with van der Waals surface area (Å²) in [6.07, 6.45) is -4.44. The van der Waals surface area contributed by atoms with Crippen LogP contribution in [0.15, 0.2) is 42.5 Å². The predicted molar refractivity (Wildman–Crippen MR) is 123 cm³/mol. The number of anilines is 1. The maximum absolute atomic E-state index is 13.6. The molecule has 0 saturated heterocycles. The monoisotopic (exact) mass is 483 g/mol. The van der Waals surface area contributed by atoms with Gasteiger partial charge in [-0.2, -0.15) is 13.2 Å². The molecular formula is C25H29ClF3NO3. The van der Waals surface area contributed by atoms with Crippen LogP contribution in [0.2, 0.25) is 5.02 Å². The minimum Gasteiger partial charge on any atom is -0.469 e. The minimum absolute atomic E-state index is 0.0689. The molecule has 0 aliphatic carbocycles. The first-order valence-corrected chi connectivity index (χ1v) is 11.0. The van der Waals surface area contributed by atoms with Crippen molar-refractivity contribution in [2.45, 2.75) is 52.1 Å². The highest BCUT2D eigenvalue weighted by molar-refractivity contribution is 6.33. The number of ether oxygens (including phenoxy) is 1. The smallest absolute Gasteiger partial charge is 0.392 e. The van der Waals surface area contributed by atoms with E-state index in [0.29, 0.717) is 0 Å². The van der Waals surface area contributed by atoms with Crippen molar-refractivity contribution >= 4 is 29.2 Å². The zero-order valence-corrected chi connectivity index (χ0v) is 20.1. The van der Waals surface area contributed by atoms with Crippen molar-refractivity contribution < 1.29 is 27.5 Å². The number of hydrogen-bond acceptors (Lipinski definition) is 3. The SMILES string of the molecule is COC(=O)CC(c1ccc(Cl)c(NC(=O)C(c2ccc(C)cc2)C(C)C(F)(F)F)c1)C(C)C. The van der Waals surface area contributed by atoms with E-state index in [1.807, 2.05) is 20.8 Å². The molecule has 0 aliphatic heterocycles. The van der Waals surface area contributed by atoms with E-state index >= 15 is 0 Å². The normalized spacial score (nSPS) is 14.5. The molecule has 1 N–H and O–H groups in total. The summed E-state index contributed by atoms with van der Waals surface area (Å²) in [6.45, 7) is 6.70. The molecule has 180 valence electrons. The van der Waals surface area contributed by atoms with Gasteiger partial charge in [0.25, 0.3) is 0 Å². The molecule has 3 atom stereocenters. The van der Waals surface area contributed by atoms with E-state index in [2.05, 4.69) is 5.32 Å². The first-order valence-electron chi connectivity index (χ1n) is 10.7. The Morgan fingerprint density at radius 3 is 2.12 bits per heavy atom. The lowest BCUT2D eigenvalue weighted by molar-refractivity contribution is -0.178. The number of esters is 1. The summed E-state index contributed by atoms with van der Waals surface area (Å²) >= 11 is 6.27. The van der Waals surface area contributed by atoms with Gasteiger partial charge in [0.1, 0.15) is 0 Å². The number of benzene rings is 2. The first kappa shape index (κ1) is 26.7. The van der Waals surface area contributed by atoms with Crippen molar-refractivity contribution in [3.8, 4) is 0 Å². The quantitative estimate of drug-likeness (QED) is 0.417. The second kappa shape index (κ2) is 11.1. The van der Waals surface area contributed by atoms with Crippen LogP contribution in [-0.2, 0) is 14.3 Å². The highest BCUT2D eigenvalue weighted by Crippen LogP contribution is 2.39. The standard InChI is InChI=1S/C25H29ClF3NO3/c1-14(2)19(13-22(31)33-5)18-10-11-20(26)21(12-18)30-24(32)23(16(4)25(27,28)29)17-8-6-15(3)7-9-17/h6-12,14,16,19,23H,13H2,1-5H3,(H,30,32). The summed E-state index contributed by atoms with van der Waals surface area (Å²) in [5, 5.41) is 2.78. The Morgan fingerprint density at radius 1 is 1.03 bits per heavy atom. The number of carbonyl (C=O) groups is 2. The van der Waals surface area contributed by atoms with Crippen LogP contribution in [0.1, 0.15) is 55.7 Å². The highest BCUT2D eigenvalue weighted by Gasteiger charge is 2.45. The second-order valence-electron chi connectivity index (χ2n) is 8.58. The number of carbonyl (C=O) groups excluding carboxylic acids is 2. The molecule has 4 nitrogen and oxygen atoms in total. The second-order valence-corrected chi connectivity index (χ2v) is 8.99. The van der Waals surface area contributed by atoms with Crippen molar-refractivity contribution in [1.29, 1.82) is 0 Å². The van der Waals surface area contributed by atoms with E-state index in [0.717, 1.165) is 18.1 Å². The van der Waals surface area contributed by atoms with Crippen LogP contribution in [0.25, 0.3) is 0 Å². The largest absolute Gasteiger partial charge is 0.469 e. The third-order valence-electron chi connectivity index (χ3n) is 5.83. The van der Waals surface area contributed by atoms with E-state index in [9.17, 15) is 22.8 Å². The van der Waals surface area contributed by atoms with Gasteiger partial charge < -0.3 is 10.1 Å². The molecular weight excluding hydrogens is 455 g/mol. The zero-order chi connectivity index (χ0) is 24.9. The molecule has 0 radical (unpaired) electrons. The number of amides is 1. The number of methoxy groups -OCH3 is 1. The van der Waals surface area contributed by atoms with E-state index in [1.54, 1.807) is 30.3 Å². The number of nitrogens with one attached hydrogen (secondary N) is 1. The van der Waals surface area contributed by atoms with Gasteiger partial charge in [0.2, 0.25) is 5.91 Å². The summed E-state index contributed by atoms with van der Waals surface area (Å²) in [6, 6.07) is 11.3. The van der Waals surface area contributed by atoms with Crippen LogP contribution in [0.5, 0.6) is 0 Å². The van der Waals surface area contributed by atoms with Crippen LogP contribution in [-0.4, -0.2) is 25.2 Å². The Labute approximate surface area is 197 Å². The number of halogens is 4. The van der Waals surface area contributed by atoms with Gasteiger partial charge in [-0.25, -0.2) is 0 Å². The number of hydrogen-bond donors (Lipinski definition) is 1. The molecule has 2 rings (SSSR count). The molecule has 0 heterocycles. The average Bonchev–Trinajstić information content (AvgIpc) is 2.74. The fourth-order valence-electron chi connectivity index (χ4n) is 3.71. The van der Waals surface area contributed by atoms with Crippen LogP contribution < -0.4 is 5.32 Å². The van der Waals surface area contributed by atoms with E-state index in [4.69, 9.17) is 16.3 Å². The summed E-state index contributed by atoms with van der Waals surface area (Å²) in [7, 11) is 1.31. The Morgan fingerprint density at radius 2 is 1.61 bits per heavy atom. The van der Waals surface area contributed by atoms with Crippen LogP contribution in [0.4, 0.5) is 18.9 Å². The Hall–Kier alpha value is -2.54. The maximum atomic E-state index is 13.6. The van der Waals surface area contributed by atoms with Crippen molar-refractivity contribution in [2.24, 2.45) is 11.8 Å². The lowest BCUT2D eigenvalue weighted by atomic mass is 9.84. The maximum Gasteiger partial charge on any atom is 0.392 e. The van der Waals surface area contributed by atoms with Crippen molar-refractivity contribution in [3.63, 3.8) is 0 Å². The summed E-state index contributed by atoms with van der Waals surface area (Å²) in [5.74, 6) is -4.71. The lowest BCUT2D eigenvalue weighted by Gasteiger charge is -2.26. The molecule has 2 aromatic rings. The van der Waals surface area contributed by atoms with Gasteiger partial charge in [-0.1, -0.05) is 68.3 Å². The number of rotatable bonds is 8. The van der Waals surface area contributed by atoms with Gasteiger partial charge in [0, 0.05) is 0 Å². The zero-order valence-electron chi connectivity index (χ0n) is 19.3. The Kier molecular flexibility index (Phi) is 8.95. The third-order valence-corrected chi connectivity index (χ3v) is 6.16. The summed E-state index contributed by atoms with van der Waals surface area (Å²) in [4.78, 5) is 25.0. The molecule has 0 spiro atoms. The fourth-order valence-corrected chi connectivity index (χ4v) is 3.88. The Balaban J connectivity index is 2.41. The molecule has 1 amide bonds. The molecule has 3 unspecified atom stereocenters. The summed E-state index contributed by atoms with van der Waals surface area (Å²) < 4.78 is 45.6. The molecule has 33 heavy (non-hydrogen) atoms. The van der Waals surface area contributed by atoms with Gasteiger partial charge in [0.15, 0.2) is 0 Å². The van der Waals surface area contributed by atoms with Gasteiger partial charge in [0.05, 0.1) is 36.1 Å². The lowest BCUT2D eigenvalue weighted by Crippen LogP contribution is -2.34. The topological polar surface area (TPSA) is 55.4 Å². The van der Waals surface area contributed by atoms with Crippen molar-refractivity contribution in [3.05, 3.63) is 64.2 Å². The summed E-state index contributed by atoms with van der Waals surface area (Å²) in [5.41, 5.74) is 2.06. The molecule has 0 fully saturated rings. The van der Waals surface area contributed by atoms with Crippen molar-refractivity contribution in [1.82, 2.24) is 0 Å². The highest BCUT2D eigenvalue weighted by atomic mass is 35.5. The molecule has 8 heteroatoms. The van der Waals surface area contributed by atoms with Crippen LogP contribution in [0.3, 0.4) is 0 Å². The Bertz CT molecular complexity index is 974. The van der Waals surface area contributed by atoms with Gasteiger partial charge >= 0.3 is 12.1 Å². The fraction of sp³-hybridized carbons (Fsp3) is 0.440. The van der Waals surface area contributed by atoms with E-state index in [1.165, 1.54) is 19.2 Å². The third kappa shape index (κ3) is 6.97. The molecule has 0 aliphatic rings. The molecule has 2 aromatic carbocycles. The van der Waals surface area contributed by atoms with Gasteiger partial charge in [-0.3, -0.25) is 9.59 Å². The van der Waals surface area contributed by atoms with Gasteiger partial charge in [-0.15, -0.1) is 0 Å². The van der Waals surface area contributed by atoms with E-state index in [-0.39, 0.29) is 40.5 Å². The predicted octanol–water partition coefficient (Wildman–Crippen LogP) is 6.87. The van der Waals surface area contributed by atoms with E-state index < -0.39 is 23.9 Å². The van der Waals surface area contributed by atoms with Crippen molar-refractivity contribution in [2.75, 3.05) is 12.4 Å².